The van der Waals surface area contributed by atoms with Crippen LogP contribution in [0.3, 0.4) is 0 Å². The Balaban J connectivity index is 1.83. The molecule has 30 heavy (non-hydrogen) atoms. The van der Waals surface area contributed by atoms with E-state index < -0.39 is 10.0 Å². The zero-order chi connectivity index (χ0) is 21.7. The molecule has 9 nitrogen and oxygen atoms in total. The van der Waals surface area contributed by atoms with Gasteiger partial charge in [-0.25, -0.2) is 13.0 Å². The van der Waals surface area contributed by atoms with Crippen LogP contribution in [0.4, 0.5) is 17.3 Å². The molecule has 162 valence electrons. The fourth-order valence-electron chi connectivity index (χ4n) is 3.05. The van der Waals surface area contributed by atoms with Crippen molar-refractivity contribution in [2.45, 2.75) is 37.4 Å². The van der Waals surface area contributed by atoms with E-state index in [9.17, 15) is 13.5 Å². The molecule has 0 amide bonds. The van der Waals surface area contributed by atoms with Crippen LogP contribution in [0.5, 0.6) is 5.75 Å². The van der Waals surface area contributed by atoms with Gasteiger partial charge in [0.25, 0.3) is 10.0 Å². The lowest BCUT2D eigenvalue weighted by Gasteiger charge is -2.17. The molecular formula is C19H25N5O4S2. The highest BCUT2D eigenvalue weighted by molar-refractivity contribution is 7.91. The SMILES string of the molecule is CC[C@@H](Nc1nonc1Nc1csc(S(=O)(=O)N(CC)CC)c1O)c1ccccc1. The number of aromatic hydroxyl groups is 1. The molecule has 3 aromatic rings. The van der Waals surface area contributed by atoms with Gasteiger partial charge < -0.3 is 15.7 Å². The maximum Gasteiger partial charge on any atom is 0.256 e. The summed E-state index contributed by atoms with van der Waals surface area (Å²) in [6, 6.07) is 9.87. The van der Waals surface area contributed by atoms with Crippen molar-refractivity contribution in [2.24, 2.45) is 0 Å². The van der Waals surface area contributed by atoms with Crippen molar-refractivity contribution in [3.05, 3.63) is 41.3 Å². The van der Waals surface area contributed by atoms with Gasteiger partial charge >= 0.3 is 0 Å². The van der Waals surface area contributed by atoms with Crippen molar-refractivity contribution in [2.75, 3.05) is 23.7 Å². The Labute approximate surface area is 179 Å². The zero-order valence-electron chi connectivity index (χ0n) is 17.0. The van der Waals surface area contributed by atoms with Crippen LogP contribution in [0, 0.1) is 0 Å². The molecule has 0 aliphatic carbocycles. The third-order valence-electron chi connectivity index (χ3n) is 4.67. The minimum atomic E-state index is -3.77. The smallest absolute Gasteiger partial charge is 0.256 e. The van der Waals surface area contributed by atoms with Crippen LogP contribution in [-0.4, -0.2) is 41.2 Å². The predicted molar refractivity (Wildman–Crippen MR) is 117 cm³/mol. The summed E-state index contributed by atoms with van der Waals surface area (Å²) >= 11 is 0.944. The van der Waals surface area contributed by atoms with Crippen LogP contribution >= 0.6 is 11.3 Å². The van der Waals surface area contributed by atoms with Crippen molar-refractivity contribution >= 4 is 38.7 Å². The average molecular weight is 452 g/mol. The van der Waals surface area contributed by atoms with Gasteiger partial charge in [0.2, 0.25) is 11.6 Å². The number of benzene rings is 1. The first kappa shape index (κ1) is 22.1. The Morgan fingerprint density at radius 3 is 2.43 bits per heavy atom. The van der Waals surface area contributed by atoms with Gasteiger partial charge in [-0.1, -0.05) is 51.1 Å². The number of nitrogens with one attached hydrogen (secondary N) is 2. The van der Waals surface area contributed by atoms with E-state index in [0.29, 0.717) is 18.9 Å². The van der Waals surface area contributed by atoms with Crippen LogP contribution in [0.1, 0.15) is 38.8 Å². The van der Waals surface area contributed by atoms with E-state index in [1.807, 2.05) is 37.3 Å². The first-order valence-electron chi connectivity index (χ1n) is 9.63. The van der Waals surface area contributed by atoms with Gasteiger partial charge in [-0.2, -0.15) is 4.31 Å². The Morgan fingerprint density at radius 1 is 1.13 bits per heavy atom. The zero-order valence-corrected chi connectivity index (χ0v) is 18.6. The van der Waals surface area contributed by atoms with Crippen LogP contribution < -0.4 is 10.6 Å². The molecule has 11 heteroatoms. The molecule has 3 N–H and O–H groups in total. The normalized spacial score (nSPS) is 12.8. The van der Waals surface area contributed by atoms with Crippen LogP contribution in [0.25, 0.3) is 0 Å². The molecule has 2 heterocycles. The summed E-state index contributed by atoms with van der Waals surface area (Å²) in [5, 5.41) is 26.0. The largest absolute Gasteiger partial charge is 0.504 e. The van der Waals surface area contributed by atoms with E-state index in [-0.39, 0.29) is 27.5 Å². The Kier molecular flexibility index (Phi) is 6.95. The van der Waals surface area contributed by atoms with Crippen molar-refractivity contribution in [3.8, 4) is 5.75 Å². The highest BCUT2D eigenvalue weighted by Crippen LogP contribution is 2.41. The molecule has 0 bridgehead atoms. The van der Waals surface area contributed by atoms with E-state index in [2.05, 4.69) is 20.9 Å². The summed E-state index contributed by atoms with van der Waals surface area (Å²) in [5.74, 6) is 0.268. The summed E-state index contributed by atoms with van der Waals surface area (Å²) in [5.41, 5.74) is 1.30. The van der Waals surface area contributed by atoms with Crippen LogP contribution in [-0.2, 0) is 10.0 Å². The lowest BCUT2D eigenvalue weighted by atomic mass is 10.0. The molecule has 0 fully saturated rings. The number of nitrogens with zero attached hydrogens (tertiary/aromatic N) is 3. The molecule has 0 aliphatic rings. The van der Waals surface area contributed by atoms with Crippen molar-refractivity contribution in [1.29, 1.82) is 0 Å². The van der Waals surface area contributed by atoms with Gasteiger partial charge in [0.1, 0.15) is 0 Å². The number of rotatable bonds is 10. The molecule has 1 aromatic carbocycles. The van der Waals surface area contributed by atoms with Crippen molar-refractivity contribution in [3.63, 3.8) is 0 Å². The molecule has 0 spiro atoms. The minimum absolute atomic E-state index is 0.0201. The number of aromatic nitrogens is 2. The molecule has 1 atom stereocenters. The fourth-order valence-corrected chi connectivity index (χ4v) is 5.88. The highest BCUT2D eigenvalue weighted by Gasteiger charge is 2.29. The lowest BCUT2D eigenvalue weighted by molar-refractivity contribution is 0.310. The molecule has 0 saturated heterocycles. The van der Waals surface area contributed by atoms with E-state index in [0.717, 1.165) is 23.3 Å². The second-order valence-electron chi connectivity index (χ2n) is 6.48. The van der Waals surface area contributed by atoms with Gasteiger partial charge in [0.15, 0.2) is 9.96 Å². The van der Waals surface area contributed by atoms with Gasteiger partial charge in [-0.05, 0) is 22.3 Å². The summed E-state index contributed by atoms with van der Waals surface area (Å²) in [7, 11) is -3.77. The first-order valence-corrected chi connectivity index (χ1v) is 12.0. The quantitative estimate of drug-likeness (QED) is 0.420. The predicted octanol–water partition coefficient (Wildman–Crippen LogP) is 4.17. The Morgan fingerprint density at radius 2 is 1.80 bits per heavy atom. The van der Waals surface area contributed by atoms with E-state index in [1.54, 1.807) is 13.8 Å². The van der Waals surface area contributed by atoms with Crippen molar-refractivity contribution < 1.29 is 18.2 Å². The minimum Gasteiger partial charge on any atom is -0.504 e. The number of thiophene rings is 1. The second-order valence-corrected chi connectivity index (χ2v) is 9.49. The third-order valence-corrected chi connectivity index (χ3v) is 8.21. The van der Waals surface area contributed by atoms with Crippen LogP contribution in [0.2, 0.25) is 0 Å². The molecule has 3 rings (SSSR count). The highest BCUT2D eigenvalue weighted by atomic mass is 32.2. The summed E-state index contributed by atoms with van der Waals surface area (Å²) in [6.07, 6.45) is 0.798. The van der Waals surface area contributed by atoms with E-state index in [4.69, 9.17) is 4.63 Å². The molecule has 0 unspecified atom stereocenters. The third kappa shape index (κ3) is 4.42. The molecule has 0 saturated carbocycles. The summed E-state index contributed by atoms with van der Waals surface area (Å²) < 4.78 is 31.5. The summed E-state index contributed by atoms with van der Waals surface area (Å²) in [4.78, 5) is 0. The van der Waals surface area contributed by atoms with Crippen molar-refractivity contribution in [1.82, 2.24) is 14.6 Å². The fraction of sp³-hybridized carbons (Fsp3) is 0.368. The van der Waals surface area contributed by atoms with Gasteiger partial charge in [-0.15, -0.1) is 11.3 Å². The summed E-state index contributed by atoms with van der Waals surface area (Å²) in [6.45, 7) is 6.18. The van der Waals surface area contributed by atoms with Gasteiger partial charge in [-0.3, -0.25) is 0 Å². The number of hydrogen-bond donors (Lipinski definition) is 3. The monoisotopic (exact) mass is 451 g/mol. The lowest BCUT2D eigenvalue weighted by Crippen LogP contribution is -2.30. The van der Waals surface area contributed by atoms with E-state index in [1.165, 1.54) is 9.69 Å². The standard InChI is InChI=1S/C19H25N5O4S2/c1-4-14(13-10-8-7-9-11-13)20-17-18(23-28-22-17)21-15-12-29-19(16(15)25)30(26,27)24(5-2)6-3/h7-12,14,25H,4-6H2,1-3H3,(H,20,22)(H,21,23)/t14-/m1/s1. The van der Waals surface area contributed by atoms with Gasteiger partial charge in [0, 0.05) is 18.5 Å². The molecule has 0 aliphatic heterocycles. The second kappa shape index (κ2) is 9.45. The topological polar surface area (TPSA) is 121 Å². The molecule has 0 radical (unpaired) electrons. The number of sulfonamides is 1. The Bertz CT molecular complexity index is 1060. The van der Waals surface area contributed by atoms with Crippen LogP contribution in [0.15, 0.2) is 44.6 Å². The first-order chi connectivity index (χ1) is 14.4. The molecular weight excluding hydrogens is 426 g/mol. The average Bonchev–Trinajstić information content (AvgIpc) is 3.34. The maximum absolute atomic E-state index is 12.7. The van der Waals surface area contributed by atoms with Gasteiger partial charge in [0.05, 0.1) is 11.7 Å². The number of hydrogen-bond acceptors (Lipinski definition) is 9. The molecule has 2 aromatic heterocycles. The van der Waals surface area contributed by atoms with E-state index >= 15 is 0 Å². The number of anilines is 3. The maximum atomic E-state index is 12.7. The Hall–Kier alpha value is -2.63.